The molecular weight excluding hydrogens is 272 g/mol. The van der Waals surface area contributed by atoms with Crippen molar-refractivity contribution in [2.24, 2.45) is 0 Å². The highest BCUT2D eigenvalue weighted by atomic mass is 35.5. The molecule has 0 saturated carbocycles. The van der Waals surface area contributed by atoms with Gasteiger partial charge in [0.25, 0.3) is 0 Å². The molecule has 0 spiro atoms. The fourth-order valence-electron chi connectivity index (χ4n) is 2.09. The molecule has 0 bridgehead atoms. The quantitative estimate of drug-likeness (QED) is 0.848. The lowest BCUT2D eigenvalue weighted by Gasteiger charge is -2.15. The van der Waals surface area contributed by atoms with Crippen molar-refractivity contribution in [1.82, 2.24) is 5.32 Å². The zero-order chi connectivity index (χ0) is 14.5. The molecule has 0 aromatic heterocycles. The van der Waals surface area contributed by atoms with Gasteiger partial charge in [0.15, 0.2) is 0 Å². The number of amides is 1. The SMILES string of the molecule is C[C@@H](NC(=O)Cc1cccc(N)c1)c1ccccc1Cl. The summed E-state index contributed by atoms with van der Waals surface area (Å²) in [5, 5.41) is 3.60. The van der Waals surface area contributed by atoms with E-state index in [1.807, 2.05) is 43.3 Å². The van der Waals surface area contributed by atoms with Gasteiger partial charge in [0.1, 0.15) is 0 Å². The number of nitrogens with one attached hydrogen (secondary N) is 1. The van der Waals surface area contributed by atoms with Gasteiger partial charge in [-0.1, -0.05) is 41.9 Å². The van der Waals surface area contributed by atoms with E-state index >= 15 is 0 Å². The van der Waals surface area contributed by atoms with Gasteiger partial charge in [0.2, 0.25) is 5.91 Å². The van der Waals surface area contributed by atoms with Crippen LogP contribution in [-0.4, -0.2) is 5.91 Å². The van der Waals surface area contributed by atoms with Crippen LogP contribution in [0.5, 0.6) is 0 Å². The first kappa shape index (κ1) is 14.4. The summed E-state index contributed by atoms with van der Waals surface area (Å²) in [6.45, 7) is 1.92. The first-order chi connectivity index (χ1) is 9.56. The maximum absolute atomic E-state index is 12.0. The number of hydrogen-bond acceptors (Lipinski definition) is 2. The second kappa shape index (κ2) is 6.44. The minimum Gasteiger partial charge on any atom is -0.399 e. The smallest absolute Gasteiger partial charge is 0.224 e. The predicted molar refractivity (Wildman–Crippen MR) is 82.6 cm³/mol. The molecule has 0 unspecified atom stereocenters. The van der Waals surface area contributed by atoms with E-state index < -0.39 is 0 Å². The molecule has 2 rings (SSSR count). The highest BCUT2D eigenvalue weighted by Crippen LogP contribution is 2.22. The Kier molecular flexibility index (Phi) is 4.64. The highest BCUT2D eigenvalue weighted by molar-refractivity contribution is 6.31. The number of carbonyl (C=O) groups is 1. The average molecular weight is 289 g/mol. The van der Waals surface area contributed by atoms with Crippen LogP contribution in [0.4, 0.5) is 5.69 Å². The number of anilines is 1. The number of hydrogen-bond donors (Lipinski definition) is 2. The van der Waals surface area contributed by atoms with Crippen LogP contribution in [0.15, 0.2) is 48.5 Å². The van der Waals surface area contributed by atoms with E-state index in [0.717, 1.165) is 11.1 Å². The fraction of sp³-hybridized carbons (Fsp3) is 0.188. The Balaban J connectivity index is 2.00. The topological polar surface area (TPSA) is 55.1 Å². The van der Waals surface area contributed by atoms with Crippen LogP contribution >= 0.6 is 11.6 Å². The maximum Gasteiger partial charge on any atom is 0.224 e. The predicted octanol–water partition coefficient (Wildman–Crippen LogP) is 3.34. The largest absolute Gasteiger partial charge is 0.399 e. The Labute approximate surface area is 123 Å². The van der Waals surface area contributed by atoms with E-state index in [1.54, 1.807) is 12.1 Å². The summed E-state index contributed by atoms with van der Waals surface area (Å²) in [5.74, 6) is -0.0528. The Hall–Kier alpha value is -2.00. The number of nitrogens with two attached hydrogens (primary N) is 1. The van der Waals surface area contributed by atoms with Gasteiger partial charge in [-0.05, 0) is 36.2 Å². The van der Waals surface area contributed by atoms with Gasteiger partial charge in [-0.25, -0.2) is 0 Å². The molecule has 1 amide bonds. The third-order valence-corrected chi connectivity index (χ3v) is 3.41. The molecule has 0 aliphatic carbocycles. The molecule has 1 atom stereocenters. The summed E-state index contributed by atoms with van der Waals surface area (Å²) in [4.78, 5) is 12.0. The van der Waals surface area contributed by atoms with Crippen LogP contribution in [0, 0.1) is 0 Å². The van der Waals surface area contributed by atoms with Gasteiger partial charge >= 0.3 is 0 Å². The molecule has 0 aliphatic rings. The van der Waals surface area contributed by atoms with Crippen molar-refractivity contribution in [3.8, 4) is 0 Å². The lowest BCUT2D eigenvalue weighted by Crippen LogP contribution is -2.28. The van der Waals surface area contributed by atoms with Crippen LogP contribution < -0.4 is 11.1 Å². The molecule has 2 aromatic carbocycles. The van der Waals surface area contributed by atoms with Gasteiger partial charge in [0.05, 0.1) is 12.5 Å². The zero-order valence-corrected chi connectivity index (χ0v) is 12.0. The minimum atomic E-state index is -0.128. The molecular formula is C16H17ClN2O. The lowest BCUT2D eigenvalue weighted by molar-refractivity contribution is -0.121. The summed E-state index contributed by atoms with van der Waals surface area (Å²) in [6.07, 6.45) is 0.305. The van der Waals surface area contributed by atoms with Gasteiger partial charge in [-0.15, -0.1) is 0 Å². The van der Waals surface area contributed by atoms with Gasteiger partial charge in [-0.2, -0.15) is 0 Å². The molecule has 0 aliphatic heterocycles. The second-order valence-corrected chi connectivity index (χ2v) is 5.14. The number of halogens is 1. The first-order valence-corrected chi connectivity index (χ1v) is 6.82. The molecule has 20 heavy (non-hydrogen) atoms. The van der Waals surface area contributed by atoms with Crippen molar-refractivity contribution in [2.45, 2.75) is 19.4 Å². The van der Waals surface area contributed by atoms with Crippen molar-refractivity contribution >= 4 is 23.2 Å². The van der Waals surface area contributed by atoms with Crippen LogP contribution in [0.3, 0.4) is 0 Å². The van der Waals surface area contributed by atoms with Crippen molar-refractivity contribution in [3.05, 3.63) is 64.7 Å². The molecule has 2 aromatic rings. The molecule has 0 fully saturated rings. The standard InChI is InChI=1S/C16H17ClN2O/c1-11(14-7-2-3-8-15(14)17)19-16(20)10-12-5-4-6-13(18)9-12/h2-9,11H,10,18H2,1H3,(H,19,20)/t11-/m1/s1. The van der Waals surface area contributed by atoms with Crippen LogP contribution in [0.25, 0.3) is 0 Å². The molecule has 0 saturated heterocycles. The van der Waals surface area contributed by atoms with Crippen molar-refractivity contribution in [2.75, 3.05) is 5.73 Å². The van der Waals surface area contributed by atoms with Crippen LogP contribution in [-0.2, 0) is 11.2 Å². The normalized spacial score (nSPS) is 11.9. The van der Waals surface area contributed by atoms with E-state index in [0.29, 0.717) is 17.1 Å². The Bertz CT molecular complexity index is 613. The molecule has 0 heterocycles. The number of benzene rings is 2. The number of carbonyl (C=O) groups excluding carboxylic acids is 1. The molecule has 104 valence electrons. The summed E-state index contributed by atoms with van der Waals surface area (Å²) in [7, 11) is 0. The van der Waals surface area contributed by atoms with Crippen molar-refractivity contribution in [1.29, 1.82) is 0 Å². The highest BCUT2D eigenvalue weighted by Gasteiger charge is 2.12. The molecule has 3 nitrogen and oxygen atoms in total. The Morgan fingerprint density at radius 3 is 2.70 bits per heavy atom. The Morgan fingerprint density at radius 2 is 2.00 bits per heavy atom. The van der Waals surface area contributed by atoms with Gasteiger partial charge in [-0.3, -0.25) is 4.79 Å². The monoisotopic (exact) mass is 288 g/mol. The number of nitrogen functional groups attached to an aromatic ring is 1. The summed E-state index contributed by atoms with van der Waals surface area (Å²) >= 11 is 6.12. The molecule has 3 N–H and O–H groups in total. The lowest BCUT2D eigenvalue weighted by atomic mass is 10.1. The van der Waals surface area contributed by atoms with Gasteiger partial charge in [0, 0.05) is 10.7 Å². The van der Waals surface area contributed by atoms with Crippen molar-refractivity contribution in [3.63, 3.8) is 0 Å². The third kappa shape index (κ3) is 3.75. The fourth-order valence-corrected chi connectivity index (χ4v) is 2.38. The maximum atomic E-state index is 12.0. The van der Waals surface area contributed by atoms with Gasteiger partial charge < -0.3 is 11.1 Å². The summed E-state index contributed by atoms with van der Waals surface area (Å²) in [6, 6.07) is 14.7. The summed E-state index contributed by atoms with van der Waals surface area (Å²) in [5.41, 5.74) is 8.17. The van der Waals surface area contributed by atoms with E-state index in [4.69, 9.17) is 17.3 Å². The third-order valence-electron chi connectivity index (χ3n) is 3.06. The summed E-state index contributed by atoms with van der Waals surface area (Å²) < 4.78 is 0. The van der Waals surface area contributed by atoms with E-state index in [-0.39, 0.29) is 11.9 Å². The Morgan fingerprint density at radius 1 is 1.25 bits per heavy atom. The molecule has 0 radical (unpaired) electrons. The first-order valence-electron chi connectivity index (χ1n) is 6.44. The zero-order valence-electron chi connectivity index (χ0n) is 11.3. The second-order valence-electron chi connectivity index (χ2n) is 4.73. The average Bonchev–Trinajstić information content (AvgIpc) is 2.38. The molecule has 4 heteroatoms. The van der Waals surface area contributed by atoms with Crippen LogP contribution in [0.1, 0.15) is 24.1 Å². The van der Waals surface area contributed by atoms with E-state index in [9.17, 15) is 4.79 Å². The van der Waals surface area contributed by atoms with Crippen molar-refractivity contribution < 1.29 is 4.79 Å². The minimum absolute atomic E-state index is 0.0528. The van der Waals surface area contributed by atoms with Crippen LogP contribution in [0.2, 0.25) is 5.02 Å². The number of rotatable bonds is 4. The van der Waals surface area contributed by atoms with E-state index in [1.165, 1.54) is 0 Å². The van der Waals surface area contributed by atoms with E-state index in [2.05, 4.69) is 5.32 Å².